The number of carbonyl (C=O) groups is 2. The summed E-state index contributed by atoms with van der Waals surface area (Å²) in [5, 5.41) is 11.4. The SMILES string of the molecule is CN(C)CCC(=O)Nc1cccc(CC(=O)O)c1. The molecule has 5 heteroatoms. The first-order valence-electron chi connectivity index (χ1n) is 5.72. The van der Waals surface area contributed by atoms with Gasteiger partial charge in [0, 0.05) is 18.7 Å². The van der Waals surface area contributed by atoms with Crippen molar-refractivity contribution in [2.24, 2.45) is 0 Å². The van der Waals surface area contributed by atoms with Crippen LogP contribution in [0.4, 0.5) is 5.69 Å². The molecule has 0 aliphatic heterocycles. The maximum atomic E-state index is 11.6. The number of amides is 1. The van der Waals surface area contributed by atoms with E-state index in [9.17, 15) is 9.59 Å². The summed E-state index contributed by atoms with van der Waals surface area (Å²) in [6.07, 6.45) is 0.373. The summed E-state index contributed by atoms with van der Waals surface area (Å²) in [6.45, 7) is 0.681. The van der Waals surface area contributed by atoms with Crippen LogP contribution in [0.2, 0.25) is 0 Å². The fourth-order valence-corrected chi connectivity index (χ4v) is 1.48. The second kappa shape index (κ2) is 6.76. The highest BCUT2D eigenvalue weighted by atomic mass is 16.4. The number of carboxylic acid groups (broad SMARTS) is 1. The highest BCUT2D eigenvalue weighted by molar-refractivity contribution is 5.91. The summed E-state index contributed by atoms with van der Waals surface area (Å²) in [7, 11) is 3.81. The van der Waals surface area contributed by atoms with Gasteiger partial charge in [0.05, 0.1) is 6.42 Å². The molecule has 0 aromatic heterocycles. The highest BCUT2D eigenvalue weighted by Gasteiger charge is 2.05. The zero-order chi connectivity index (χ0) is 13.5. The molecule has 0 aliphatic carbocycles. The monoisotopic (exact) mass is 250 g/mol. The van der Waals surface area contributed by atoms with E-state index in [0.717, 1.165) is 0 Å². The van der Waals surface area contributed by atoms with Gasteiger partial charge < -0.3 is 15.3 Å². The van der Waals surface area contributed by atoms with Crippen molar-refractivity contribution < 1.29 is 14.7 Å². The minimum atomic E-state index is -0.883. The summed E-state index contributed by atoms with van der Waals surface area (Å²) in [6, 6.07) is 6.89. The lowest BCUT2D eigenvalue weighted by Gasteiger charge is -2.10. The predicted molar refractivity (Wildman–Crippen MR) is 69.6 cm³/mol. The molecule has 18 heavy (non-hydrogen) atoms. The Morgan fingerprint density at radius 2 is 2.06 bits per heavy atom. The summed E-state index contributed by atoms with van der Waals surface area (Å²) in [4.78, 5) is 24.1. The normalized spacial score (nSPS) is 10.4. The Bertz CT molecular complexity index is 430. The fraction of sp³-hybridized carbons (Fsp3) is 0.385. The van der Waals surface area contributed by atoms with Crippen molar-refractivity contribution in [1.29, 1.82) is 0 Å². The number of anilines is 1. The van der Waals surface area contributed by atoms with Gasteiger partial charge in [-0.05, 0) is 31.8 Å². The molecule has 2 N–H and O–H groups in total. The van der Waals surface area contributed by atoms with Crippen LogP contribution in [0.1, 0.15) is 12.0 Å². The molecule has 1 aromatic rings. The summed E-state index contributed by atoms with van der Waals surface area (Å²) >= 11 is 0. The first-order valence-corrected chi connectivity index (χ1v) is 5.72. The van der Waals surface area contributed by atoms with Crippen LogP contribution in [0.15, 0.2) is 24.3 Å². The van der Waals surface area contributed by atoms with Crippen molar-refractivity contribution in [3.8, 4) is 0 Å². The number of nitrogens with zero attached hydrogens (tertiary/aromatic N) is 1. The van der Waals surface area contributed by atoms with E-state index in [0.29, 0.717) is 24.2 Å². The van der Waals surface area contributed by atoms with Crippen LogP contribution in [-0.2, 0) is 16.0 Å². The Balaban J connectivity index is 2.56. The Labute approximate surface area is 106 Å². The van der Waals surface area contributed by atoms with Crippen LogP contribution < -0.4 is 5.32 Å². The van der Waals surface area contributed by atoms with Gasteiger partial charge in [-0.25, -0.2) is 0 Å². The van der Waals surface area contributed by atoms with E-state index in [1.165, 1.54) is 0 Å². The number of aliphatic carboxylic acids is 1. The van der Waals surface area contributed by atoms with Gasteiger partial charge in [-0.15, -0.1) is 0 Å². The van der Waals surface area contributed by atoms with Gasteiger partial charge in [-0.1, -0.05) is 12.1 Å². The van der Waals surface area contributed by atoms with Crippen molar-refractivity contribution in [3.05, 3.63) is 29.8 Å². The molecule has 1 amide bonds. The number of hydrogen-bond donors (Lipinski definition) is 2. The van der Waals surface area contributed by atoms with Crippen molar-refractivity contribution in [2.45, 2.75) is 12.8 Å². The van der Waals surface area contributed by atoms with E-state index in [4.69, 9.17) is 5.11 Å². The Kier molecular flexibility index (Phi) is 5.32. The van der Waals surface area contributed by atoms with Crippen LogP contribution in [0.5, 0.6) is 0 Å². The molecule has 1 aromatic carbocycles. The van der Waals surface area contributed by atoms with Crippen LogP contribution >= 0.6 is 0 Å². The van der Waals surface area contributed by atoms with E-state index in [-0.39, 0.29) is 12.3 Å². The molecule has 0 bridgehead atoms. The molecule has 0 heterocycles. The van der Waals surface area contributed by atoms with Gasteiger partial charge in [0.15, 0.2) is 0 Å². The zero-order valence-electron chi connectivity index (χ0n) is 10.6. The van der Waals surface area contributed by atoms with E-state index >= 15 is 0 Å². The lowest BCUT2D eigenvalue weighted by Crippen LogP contribution is -2.20. The summed E-state index contributed by atoms with van der Waals surface area (Å²) < 4.78 is 0. The summed E-state index contributed by atoms with van der Waals surface area (Å²) in [5.41, 5.74) is 1.31. The minimum Gasteiger partial charge on any atom is -0.481 e. The molecule has 5 nitrogen and oxygen atoms in total. The molecule has 0 saturated carbocycles. The summed E-state index contributed by atoms with van der Waals surface area (Å²) in [5.74, 6) is -0.956. The minimum absolute atomic E-state index is 0.0403. The van der Waals surface area contributed by atoms with Gasteiger partial charge in [0.2, 0.25) is 5.91 Å². The van der Waals surface area contributed by atoms with Crippen LogP contribution in [-0.4, -0.2) is 42.5 Å². The first kappa shape index (κ1) is 14.2. The maximum Gasteiger partial charge on any atom is 0.307 e. The third-order valence-electron chi connectivity index (χ3n) is 2.35. The number of carbonyl (C=O) groups excluding carboxylic acids is 1. The van der Waals surface area contributed by atoms with Crippen molar-refractivity contribution >= 4 is 17.6 Å². The molecule has 1 rings (SSSR count). The van der Waals surface area contributed by atoms with Crippen molar-refractivity contribution in [2.75, 3.05) is 26.0 Å². The lowest BCUT2D eigenvalue weighted by atomic mass is 10.1. The smallest absolute Gasteiger partial charge is 0.307 e. The largest absolute Gasteiger partial charge is 0.481 e. The number of nitrogens with one attached hydrogen (secondary N) is 1. The van der Waals surface area contributed by atoms with E-state index in [1.807, 2.05) is 19.0 Å². The third-order valence-corrected chi connectivity index (χ3v) is 2.35. The molecule has 0 aliphatic rings. The standard InChI is InChI=1S/C13H18N2O3/c1-15(2)7-6-12(16)14-11-5-3-4-10(8-11)9-13(17)18/h3-5,8H,6-7,9H2,1-2H3,(H,14,16)(H,17,18). The van der Waals surface area contributed by atoms with Crippen LogP contribution in [0.25, 0.3) is 0 Å². The van der Waals surface area contributed by atoms with Crippen LogP contribution in [0.3, 0.4) is 0 Å². The lowest BCUT2D eigenvalue weighted by molar-refractivity contribution is -0.136. The number of carboxylic acids is 1. The van der Waals surface area contributed by atoms with Gasteiger partial charge in [-0.3, -0.25) is 9.59 Å². The third kappa shape index (κ3) is 5.45. The molecule has 0 saturated heterocycles. The molecule has 0 spiro atoms. The topological polar surface area (TPSA) is 69.6 Å². The number of rotatable bonds is 6. The van der Waals surface area contributed by atoms with Crippen molar-refractivity contribution in [3.63, 3.8) is 0 Å². The van der Waals surface area contributed by atoms with Gasteiger partial charge in [0.1, 0.15) is 0 Å². The van der Waals surface area contributed by atoms with E-state index in [2.05, 4.69) is 5.32 Å². The zero-order valence-corrected chi connectivity index (χ0v) is 10.6. The molecule has 98 valence electrons. The Morgan fingerprint density at radius 3 is 2.67 bits per heavy atom. The average molecular weight is 250 g/mol. The molecular weight excluding hydrogens is 232 g/mol. The maximum absolute atomic E-state index is 11.6. The van der Waals surface area contributed by atoms with Gasteiger partial charge in [0.25, 0.3) is 0 Å². The van der Waals surface area contributed by atoms with Gasteiger partial charge in [-0.2, -0.15) is 0 Å². The van der Waals surface area contributed by atoms with Crippen LogP contribution in [0, 0.1) is 0 Å². The average Bonchev–Trinajstić information content (AvgIpc) is 2.26. The van der Waals surface area contributed by atoms with E-state index in [1.54, 1.807) is 24.3 Å². The Hall–Kier alpha value is -1.88. The molecular formula is C13H18N2O3. The van der Waals surface area contributed by atoms with Crippen molar-refractivity contribution in [1.82, 2.24) is 4.90 Å². The molecule has 0 radical (unpaired) electrons. The molecule has 0 fully saturated rings. The molecule has 0 atom stereocenters. The van der Waals surface area contributed by atoms with Gasteiger partial charge >= 0.3 is 5.97 Å². The highest BCUT2D eigenvalue weighted by Crippen LogP contribution is 2.11. The number of hydrogen-bond acceptors (Lipinski definition) is 3. The number of benzene rings is 1. The van der Waals surface area contributed by atoms with E-state index < -0.39 is 5.97 Å². The quantitative estimate of drug-likeness (QED) is 0.796. The second-order valence-electron chi connectivity index (χ2n) is 4.37. The predicted octanol–water partition coefficient (Wildman–Crippen LogP) is 1.20. The first-order chi connectivity index (χ1) is 8.47. The molecule has 0 unspecified atom stereocenters. The fourth-order valence-electron chi connectivity index (χ4n) is 1.48. The second-order valence-corrected chi connectivity index (χ2v) is 4.37. The Morgan fingerprint density at radius 1 is 1.33 bits per heavy atom.